The highest BCUT2D eigenvalue weighted by Crippen LogP contribution is 2.38. The number of pyridine rings is 2. The van der Waals surface area contributed by atoms with Crippen LogP contribution in [0.1, 0.15) is 54.7 Å². The number of ether oxygens (including phenoxy) is 1. The summed E-state index contributed by atoms with van der Waals surface area (Å²) in [6.07, 6.45) is -0.981. The zero-order valence-corrected chi connectivity index (χ0v) is 20.6. The lowest BCUT2D eigenvalue weighted by atomic mass is 9.98. The van der Waals surface area contributed by atoms with E-state index in [2.05, 4.69) is 5.32 Å². The molecule has 1 amide bonds. The molecule has 0 bridgehead atoms. The second-order valence-corrected chi connectivity index (χ2v) is 9.62. The Kier molecular flexibility index (Phi) is 6.44. The van der Waals surface area contributed by atoms with Gasteiger partial charge in [0.05, 0.1) is 35.1 Å². The van der Waals surface area contributed by atoms with Gasteiger partial charge in [0.2, 0.25) is 0 Å². The topological polar surface area (TPSA) is 131 Å². The molecule has 35 heavy (non-hydrogen) atoms. The molecular formula is C25H26ClN3O6. The van der Waals surface area contributed by atoms with Gasteiger partial charge in [0.15, 0.2) is 0 Å². The van der Waals surface area contributed by atoms with E-state index in [9.17, 15) is 24.6 Å². The Hall–Kier alpha value is -3.27. The Labute approximate surface area is 206 Å². The van der Waals surface area contributed by atoms with Crippen molar-refractivity contribution in [2.45, 2.75) is 59.1 Å². The van der Waals surface area contributed by atoms with Crippen molar-refractivity contribution < 1.29 is 24.5 Å². The fourth-order valence-electron chi connectivity index (χ4n) is 4.32. The van der Waals surface area contributed by atoms with Crippen molar-refractivity contribution in [1.82, 2.24) is 14.9 Å². The van der Waals surface area contributed by atoms with E-state index in [4.69, 9.17) is 21.3 Å². The highest BCUT2D eigenvalue weighted by atomic mass is 35.5. The van der Waals surface area contributed by atoms with Crippen molar-refractivity contribution in [1.29, 1.82) is 0 Å². The molecule has 2 aromatic heterocycles. The molecule has 10 heteroatoms. The second-order valence-electron chi connectivity index (χ2n) is 9.22. The molecule has 0 aliphatic carbocycles. The van der Waals surface area contributed by atoms with Crippen LogP contribution in [0.2, 0.25) is 5.02 Å². The van der Waals surface area contributed by atoms with Crippen LogP contribution in [0.25, 0.3) is 22.3 Å². The van der Waals surface area contributed by atoms with Crippen molar-refractivity contribution in [2.24, 2.45) is 0 Å². The lowest BCUT2D eigenvalue weighted by Crippen LogP contribution is -2.41. The first kappa shape index (κ1) is 24.8. The zero-order chi connectivity index (χ0) is 25.7. The number of rotatable bonds is 7. The zero-order valence-electron chi connectivity index (χ0n) is 19.8. The van der Waals surface area contributed by atoms with Gasteiger partial charge in [-0.25, -0.2) is 4.98 Å². The Morgan fingerprint density at radius 3 is 2.69 bits per heavy atom. The van der Waals surface area contributed by atoms with Crippen LogP contribution in [-0.2, 0) is 34.0 Å². The predicted octanol–water partition coefficient (Wildman–Crippen LogP) is 2.50. The Bertz CT molecular complexity index is 1420. The first-order valence-corrected chi connectivity index (χ1v) is 11.4. The monoisotopic (exact) mass is 499 g/mol. The van der Waals surface area contributed by atoms with E-state index in [1.807, 2.05) is 13.0 Å². The molecule has 1 unspecified atom stereocenters. The van der Waals surface area contributed by atoms with Crippen LogP contribution < -0.4 is 10.9 Å². The largest absolute Gasteiger partial charge is 0.463 e. The standard InChI is InChI=1S/C25H26ClN3O6/c1-12-5-15-16(8-27-24(33)25(3,4)34)17-9-29-21(22(17)28-20(15)7-19(12)26)6-14(13(2)31)18(23(29)32)10-35-11-30/h5-7,11,13,31,34H,8-10H2,1-4H3,(H,27,33). The normalized spacial score (nSPS) is 13.3. The molecule has 0 fully saturated rings. The van der Waals surface area contributed by atoms with Crippen LogP contribution in [0.5, 0.6) is 0 Å². The maximum Gasteiger partial charge on any atom is 0.293 e. The van der Waals surface area contributed by atoms with Crippen molar-refractivity contribution in [2.75, 3.05) is 0 Å². The quantitative estimate of drug-likeness (QED) is 0.333. The van der Waals surface area contributed by atoms with E-state index in [0.29, 0.717) is 27.5 Å². The maximum absolute atomic E-state index is 13.4. The number of aryl methyl sites for hydroxylation is 1. The highest BCUT2D eigenvalue weighted by molar-refractivity contribution is 6.32. The number of carbonyl (C=O) groups is 2. The van der Waals surface area contributed by atoms with Gasteiger partial charge in [-0.1, -0.05) is 11.6 Å². The number of aromatic nitrogens is 2. The molecule has 0 spiro atoms. The van der Waals surface area contributed by atoms with Gasteiger partial charge >= 0.3 is 0 Å². The van der Waals surface area contributed by atoms with Crippen LogP contribution >= 0.6 is 11.6 Å². The summed E-state index contributed by atoms with van der Waals surface area (Å²) < 4.78 is 6.35. The molecule has 1 aliphatic heterocycles. The first-order valence-electron chi connectivity index (χ1n) is 11.1. The average molecular weight is 500 g/mol. The van der Waals surface area contributed by atoms with Crippen LogP contribution in [-0.4, -0.2) is 37.7 Å². The molecule has 3 aromatic rings. The third kappa shape index (κ3) is 4.42. The SMILES string of the molecule is Cc1cc2c(CNC(=O)C(C)(C)O)c3c(nc2cc1Cl)-c1cc(C(C)O)c(COC=O)c(=O)n1C3. The molecule has 3 heterocycles. The summed E-state index contributed by atoms with van der Waals surface area (Å²) in [5.74, 6) is -0.542. The summed E-state index contributed by atoms with van der Waals surface area (Å²) in [7, 11) is 0. The van der Waals surface area contributed by atoms with Crippen molar-refractivity contribution in [3.63, 3.8) is 0 Å². The third-order valence-corrected chi connectivity index (χ3v) is 6.61. The number of halogens is 1. The van der Waals surface area contributed by atoms with Crippen LogP contribution in [0.3, 0.4) is 0 Å². The highest BCUT2D eigenvalue weighted by Gasteiger charge is 2.30. The number of aliphatic hydroxyl groups is 2. The van der Waals surface area contributed by atoms with Crippen LogP contribution in [0.4, 0.5) is 0 Å². The van der Waals surface area contributed by atoms with E-state index in [0.717, 1.165) is 22.1 Å². The van der Waals surface area contributed by atoms with Gasteiger partial charge in [0.1, 0.15) is 12.2 Å². The number of benzene rings is 1. The fraction of sp³-hybridized carbons (Fsp3) is 0.360. The average Bonchev–Trinajstić information content (AvgIpc) is 3.14. The molecule has 1 atom stereocenters. The third-order valence-electron chi connectivity index (χ3n) is 6.21. The number of amides is 1. The molecule has 1 aliphatic rings. The molecule has 0 saturated carbocycles. The van der Waals surface area contributed by atoms with Crippen molar-refractivity contribution in [3.8, 4) is 11.4 Å². The fourth-order valence-corrected chi connectivity index (χ4v) is 4.48. The molecule has 4 rings (SSSR count). The summed E-state index contributed by atoms with van der Waals surface area (Å²) in [6, 6.07) is 5.29. The number of nitrogens with zero attached hydrogens (tertiary/aromatic N) is 2. The van der Waals surface area contributed by atoms with E-state index in [-0.39, 0.29) is 31.7 Å². The number of carbonyl (C=O) groups excluding carboxylic acids is 2. The predicted molar refractivity (Wildman–Crippen MR) is 130 cm³/mol. The van der Waals surface area contributed by atoms with E-state index in [1.54, 1.807) is 12.1 Å². The summed E-state index contributed by atoms with van der Waals surface area (Å²) in [5, 5.41) is 24.4. The minimum absolute atomic E-state index is 0.0956. The van der Waals surface area contributed by atoms with Gasteiger partial charge in [0, 0.05) is 22.5 Å². The molecule has 9 nitrogen and oxygen atoms in total. The lowest BCUT2D eigenvalue weighted by Gasteiger charge is -2.19. The van der Waals surface area contributed by atoms with E-state index in [1.165, 1.54) is 25.3 Å². The summed E-state index contributed by atoms with van der Waals surface area (Å²) in [5.41, 5.74) is 2.49. The second kappa shape index (κ2) is 9.07. The number of hydrogen-bond acceptors (Lipinski definition) is 7. The number of fused-ring (bicyclic) bond motifs is 4. The molecule has 0 radical (unpaired) electrons. The van der Waals surface area contributed by atoms with E-state index >= 15 is 0 Å². The lowest BCUT2D eigenvalue weighted by molar-refractivity contribution is -0.136. The molecule has 0 saturated heterocycles. The number of hydrogen-bond donors (Lipinski definition) is 3. The molecule has 1 aromatic carbocycles. The molecule has 3 N–H and O–H groups in total. The molecular weight excluding hydrogens is 474 g/mol. The Morgan fingerprint density at radius 1 is 1.34 bits per heavy atom. The smallest absolute Gasteiger partial charge is 0.293 e. The number of aliphatic hydroxyl groups excluding tert-OH is 1. The van der Waals surface area contributed by atoms with Gasteiger partial charge in [-0.15, -0.1) is 0 Å². The van der Waals surface area contributed by atoms with Crippen LogP contribution in [0, 0.1) is 6.92 Å². The summed E-state index contributed by atoms with van der Waals surface area (Å²) >= 11 is 6.37. The number of nitrogens with one attached hydrogen (secondary N) is 1. The Balaban J connectivity index is 1.95. The summed E-state index contributed by atoms with van der Waals surface area (Å²) in [4.78, 5) is 41.3. The molecule has 184 valence electrons. The van der Waals surface area contributed by atoms with Crippen molar-refractivity contribution in [3.05, 3.63) is 61.4 Å². The van der Waals surface area contributed by atoms with Gasteiger partial charge in [-0.05, 0) is 62.6 Å². The maximum atomic E-state index is 13.4. The van der Waals surface area contributed by atoms with E-state index < -0.39 is 23.2 Å². The summed E-state index contributed by atoms with van der Waals surface area (Å²) in [6.45, 7) is 6.45. The van der Waals surface area contributed by atoms with Crippen molar-refractivity contribution >= 4 is 34.9 Å². The van der Waals surface area contributed by atoms with Gasteiger partial charge in [-0.2, -0.15) is 0 Å². The Morgan fingerprint density at radius 2 is 2.06 bits per heavy atom. The first-order chi connectivity index (χ1) is 16.4. The van der Waals surface area contributed by atoms with Gasteiger partial charge < -0.3 is 24.8 Å². The van der Waals surface area contributed by atoms with Gasteiger partial charge in [0.25, 0.3) is 17.9 Å². The minimum Gasteiger partial charge on any atom is -0.463 e. The van der Waals surface area contributed by atoms with Gasteiger partial charge in [-0.3, -0.25) is 14.4 Å². The minimum atomic E-state index is -1.56. The van der Waals surface area contributed by atoms with Crippen LogP contribution in [0.15, 0.2) is 23.0 Å².